The second kappa shape index (κ2) is 5.95. The van der Waals surface area contributed by atoms with Crippen LogP contribution in [0.4, 0.5) is 8.78 Å². The number of likely N-dealkylation sites (N-methyl/N-ethyl adjacent to an activating group) is 1. The predicted molar refractivity (Wildman–Crippen MR) is 57.7 cm³/mol. The van der Waals surface area contributed by atoms with E-state index in [-0.39, 0.29) is 11.3 Å². The van der Waals surface area contributed by atoms with Crippen LogP contribution < -0.4 is 4.74 Å². The van der Waals surface area contributed by atoms with Crippen LogP contribution >= 0.6 is 0 Å². The SMILES string of the molecule is CN(CC(=O)O)C(=O)c1ccc(OC(F)F)cc1. The summed E-state index contributed by atoms with van der Waals surface area (Å²) in [5.41, 5.74) is 0.195. The molecule has 0 spiro atoms. The molecule has 1 rings (SSSR count). The fraction of sp³-hybridized carbons (Fsp3) is 0.273. The van der Waals surface area contributed by atoms with E-state index in [2.05, 4.69) is 4.74 Å². The molecule has 0 aliphatic carbocycles. The third-order valence-corrected chi connectivity index (χ3v) is 2.05. The molecule has 0 aliphatic heterocycles. The van der Waals surface area contributed by atoms with Gasteiger partial charge in [-0.1, -0.05) is 0 Å². The number of carboxylic acid groups (broad SMARTS) is 1. The van der Waals surface area contributed by atoms with E-state index < -0.39 is 25.0 Å². The molecule has 98 valence electrons. The molecular weight excluding hydrogens is 248 g/mol. The van der Waals surface area contributed by atoms with Crippen molar-refractivity contribution in [2.45, 2.75) is 6.61 Å². The maximum Gasteiger partial charge on any atom is 0.387 e. The number of carboxylic acids is 1. The second-order valence-electron chi connectivity index (χ2n) is 3.46. The van der Waals surface area contributed by atoms with Gasteiger partial charge >= 0.3 is 12.6 Å². The quantitative estimate of drug-likeness (QED) is 0.869. The number of carbonyl (C=O) groups is 2. The van der Waals surface area contributed by atoms with Gasteiger partial charge in [0, 0.05) is 12.6 Å². The van der Waals surface area contributed by atoms with Gasteiger partial charge < -0.3 is 14.7 Å². The zero-order valence-corrected chi connectivity index (χ0v) is 9.47. The summed E-state index contributed by atoms with van der Waals surface area (Å²) in [6, 6.07) is 5.01. The summed E-state index contributed by atoms with van der Waals surface area (Å²) < 4.78 is 27.9. The van der Waals surface area contributed by atoms with E-state index in [1.807, 2.05) is 0 Å². The Bertz CT molecular complexity index is 433. The molecule has 1 aromatic carbocycles. The average molecular weight is 259 g/mol. The van der Waals surface area contributed by atoms with Gasteiger partial charge in [-0.25, -0.2) is 0 Å². The molecule has 7 heteroatoms. The Morgan fingerprint density at radius 2 is 1.89 bits per heavy atom. The van der Waals surface area contributed by atoms with Crippen molar-refractivity contribution in [3.8, 4) is 5.75 Å². The molecular formula is C11H11F2NO4. The van der Waals surface area contributed by atoms with Crippen molar-refractivity contribution >= 4 is 11.9 Å². The highest BCUT2D eigenvalue weighted by atomic mass is 19.3. The Morgan fingerprint density at radius 3 is 2.33 bits per heavy atom. The van der Waals surface area contributed by atoms with E-state index in [1.54, 1.807) is 0 Å². The molecule has 1 aromatic rings. The zero-order chi connectivity index (χ0) is 13.7. The molecule has 0 heterocycles. The Balaban J connectivity index is 2.72. The average Bonchev–Trinajstić information content (AvgIpc) is 2.27. The highest BCUT2D eigenvalue weighted by Crippen LogP contribution is 2.15. The number of hydrogen-bond acceptors (Lipinski definition) is 3. The van der Waals surface area contributed by atoms with Crippen molar-refractivity contribution in [2.24, 2.45) is 0 Å². The molecule has 1 amide bonds. The van der Waals surface area contributed by atoms with Crippen LogP contribution in [0.1, 0.15) is 10.4 Å². The number of halogens is 2. The Hall–Kier alpha value is -2.18. The summed E-state index contributed by atoms with van der Waals surface area (Å²) in [5, 5.41) is 8.53. The predicted octanol–water partition coefficient (Wildman–Crippen LogP) is 1.44. The highest BCUT2D eigenvalue weighted by molar-refractivity contribution is 5.95. The summed E-state index contributed by atoms with van der Waals surface area (Å²) in [4.78, 5) is 23.1. The lowest BCUT2D eigenvalue weighted by Gasteiger charge is -2.14. The molecule has 0 aliphatic rings. The fourth-order valence-corrected chi connectivity index (χ4v) is 1.27. The fourth-order valence-electron chi connectivity index (χ4n) is 1.27. The van der Waals surface area contributed by atoms with Crippen LogP contribution in [0.15, 0.2) is 24.3 Å². The maximum atomic E-state index is 11.9. The molecule has 0 aromatic heterocycles. The topological polar surface area (TPSA) is 66.8 Å². The van der Waals surface area contributed by atoms with Crippen LogP contribution in [0.5, 0.6) is 5.75 Å². The molecule has 0 unspecified atom stereocenters. The van der Waals surface area contributed by atoms with Crippen LogP contribution in [0.25, 0.3) is 0 Å². The van der Waals surface area contributed by atoms with Crippen LogP contribution in [0.3, 0.4) is 0 Å². The van der Waals surface area contributed by atoms with Crippen molar-refractivity contribution in [2.75, 3.05) is 13.6 Å². The Morgan fingerprint density at radius 1 is 1.33 bits per heavy atom. The lowest BCUT2D eigenvalue weighted by Crippen LogP contribution is -2.31. The summed E-state index contributed by atoms with van der Waals surface area (Å²) in [5.74, 6) is -1.72. The number of benzene rings is 1. The van der Waals surface area contributed by atoms with Gasteiger partial charge in [-0.3, -0.25) is 9.59 Å². The van der Waals surface area contributed by atoms with Gasteiger partial charge in [-0.15, -0.1) is 0 Å². The lowest BCUT2D eigenvalue weighted by atomic mass is 10.2. The van der Waals surface area contributed by atoms with Crippen molar-refractivity contribution < 1.29 is 28.2 Å². The minimum atomic E-state index is -2.93. The number of carbonyl (C=O) groups excluding carboxylic acids is 1. The van der Waals surface area contributed by atoms with Gasteiger partial charge in [-0.05, 0) is 24.3 Å². The highest BCUT2D eigenvalue weighted by Gasteiger charge is 2.14. The van der Waals surface area contributed by atoms with Crippen molar-refractivity contribution in [1.29, 1.82) is 0 Å². The van der Waals surface area contributed by atoms with E-state index in [4.69, 9.17) is 5.11 Å². The van der Waals surface area contributed by atoms with Gasteiger partial charge in [0.15, 0.2) is 0 Å². The van der Waals surface area contributed by atoms with Crippen molar-refractivity contribution in [3.63, 3.8) is 0 Å². The first-order chi connectivity index (χ1) is 8.40. The number of nitrogens with zero attached hydrogens (tertiary/aromatic N) is 1. The Kier molecular flexibility index (Phi) is 4.59. The number of aliphatic carboxylic acids is 1. The molecule has 0 atom stereocenters. The number of amides is 1. The molecule has 0 saturated carbocycles. The number of alkyl halides is 2. The van der Waals surface area contributed by atoms with Crippen LogP contribution in [0.2, 0.25) is 0 Å². The van der Waals surface area contributed by atoms with Gasteiger partial charge in [-0.2, -0.15) is 8.78 Å². The minimum absolute atomic E-state index is 0.0672. The first kappa shape index (κ1) is 13.9. The zero-order valence-electron chi connectivity index (χ0n) is 9.47. The normalized spacial score (nSPS) is 10.2. The molecule has 1 N–H and O–H groups in total. The first-order valence-electron chi connectivity index (χ1n) is 4.92. The van der Waals surface area contributed by atoms with Crippen molar-refractivity contribution in [1.82, 2.24) is 4.90 Å². The van der Waals surface area contributed by atoms with Gasteiger partial charge in [0.25, 0.3) is 5.91 Å². The van der Waals surface area contributed by atoms with E-state index in [1.165, 1.54) is 31.3 Å². The number of hydrogen-bond donors (Lipinski definition) is 1. The molecule has 0 fully saturated rings. The standard InChI is InChI=1S/C11H11F2NO4/c1-14(6-9(15)16)10(17)7-2-4-8(5-3-7)18-11(12)13/h2-5,11H,6H2,1H3,(H,15,16). The van der Waals surface area contributed by atoms with Gasteiger partial charge in [0.2, 0.25) is 0 Å². The molecule has 5 nitrogen and oxygen atoms in total. The summed E-state index contributed by atoms with van der Waals surface area (Å²) in [7, 11) is 1.33. The summed E-state index contributed by atoms with van der Waals surface area (Å²) in [6.45, 7) is -3.37. The third-order valence-electron chi connectivity index (χ3n) is 2.05. The van der Waals surface area contributed by atoms with Crippen LogP contribution in [0, 0.1) is 0 Å². The minimum Gasteiger partial charge on any atom is -0.480 e. The molecule has 0 bridgehead atoms. The monoisotopic (exact) mass is 259 g/mol. The smallest absolute Gasteiger partial charge is 0.387 e. The maximum absolute atomic E-state index is 11.9. The largest absolute Gasteiger partial charge is 0.480 e. The molecule has 0 radical (unpaired) electrons. The summed E-state index contributed by atoms with van der Waals surface area (Å²) in [6.07, 6.45) is 0. The molecule has 18 heavy (non-hydrogen) atoms. The van der Waals surface area contributed by atoms with E-state index in [0.717, 1.165) is 4.90 Å². The molecule has 0 saturated heterocycles. The Labute approximate surface area is 102 Å². The second-order valence-corrected chi connectivity index (χ2v) is 3.46. The van der Waals surface area contributed by atoms with Gasteiger partial charge in [0.1, 0.15) is 12.3 Å². The van der Waals surface area contributed by atoms with E-state index >= 15 is 0 Å². The lowest BCUT2D eigenvalue weighted by molar-refractivity contribution is -0.137. The first-order valence-corrected chi connectivity index (χ1v) is 4.92. The number of ether oxygens (including phenoxy) is 1. The number of rotatable bonds is 5. The van der Waals surface area contributed by atoms with Gasteiger partial charge in [0.05, 0.1) is 0 Å². The summed E-state index contributed by atoms with van der Waals surface area (Å²) >= 11 is 0. The van der Waals surface area contributed by atoms with Crippen molar-refractivity contribution in [3.05, 3.63) is 29.8 Å². The van der Waals surface area contributed by atoms with E-state index in [9.17, 15) is 18.4 Å². The van der Waals surface area contributed by atoms with Crippen LogP contribution in [-0.4, -0.2) is 42.1 Å². The van der Waals surface area contributed by atoms with Crippen LogP contribution in [-0.2, 0) is 4.79 Å². The van der Waals surface area contributed by atoms with E-state index in [0.29, 0.717) is 0 Å². The third kappa shape index (κ3) is 4.00.